The Hall–Kier alpha value is -0.870. The van der Waals surface area contributed by atoms with Gasteiger partial charge >= 0.3 is 0 Å². The van der Waals surface area contributed by atoms with Gasteiger partial charge in [-0.2, -0.15) is 5.10 Å². The molecule has 3 rings (SSSR count). The van der Waals surface area contributed by atoms with Crippen LogP contribution in [0.1, 0.15) is 42.3 Å². The number of rotatable bonds is 2. The van der Waals surface area contributed by atoms with Crippen molar-refractivity contribution in [2.45, 2.75) is 44.8 Å². The maximum absolute atomic E-state index is 5.74. The molecule has 0 saturated heterocycles. The van der Waals surface area contributed by atoms with Gasteiger partial charge in [-0.25, -0.2) is 0 Å². The minimum atomic E-state index is 0.573. The highest BCUT2D eigenvalue weighted by Crippen LogP contribution is 2.34. The molecule has 82 valence electrons. The van der Waals surface area contributed by atoms with E-state index in [2.05, 4.69) is 15.1 Å². The molecular formula is C11H18N4. The Morgan fingerprint density at radius 2 is 2.33 bits per heavy atom. The predicted molar refractivity (Wildman–Crippen MR) is 58.4 cm³/mol. The second-order valence-corrected chi connectivity index (χ2v) is 4.53. The maximum Gasteiger partial charge on any atom is 0.0808 e. The van der Waals surface area contributed by atoms with E-state index in [-0.39, 0.29) is 0 Å². The first kappa shape index (κ1) is 9.36. The molecule has 1 aliphatic heterocycles. The molecule has 3 N–H and O–H groups in total. The Balaban J connectivity index is 2.01. The number of fused-ring (bicyclic) bond motifs is 1. The summed E-state index contributed by atoms with van der Waals surface area (Å²) in [5.41, 5.74) is 9.66. The largest absolute Gasteiger partial charge is 0.325 e. The zero-order chi connectivity index (χ0) is 10.3. The van der Waals surface area contributed by atoms with Crippen molar-refractivity contribution in [3.63, 3.8) is 0 Å². The highest BCUT2D eigenvalue weighted by atomic mass is 15.3. The van der Waals surface area contributed by atoms with Gasteiger partial charge in [-0.05, 0) is 19.3 Å². The van der Waals surface area contributed by atoms with Crippen LogP contribution in [0.15, 0.2) is 0 Å². The first-order valence-electron chi connectivity index (χ1n) is 5.90. The molecule has 2 heterocycles. The molecule has 2 aliphatic rings. The fraction of sp³-hybridized carbons (Fsp3) is 0.727. The van der Waals surface area contributed by atoms with E-state index < -0.39 is 0 Å². The number of hydrogen-bond acceptors (Lipinski definition) is 3. The van der Waals surface area contributed by atoms with E-state index in [1.165, 1.54) is 30.5 Å². The van der Waals surface area contributed by atoms with Crippen LogP contribution in [0.4, 0.5) is 0 Å². The molecule has 0 atom stereocenters. The van der Waals surface area contributed by atoms with Crippen LogP contribution in [-0.2, 0) is 19.5 Å². The second kappa shape index (κ2) is 3.61. The monoisotopic (exact) mass is 206 g/mol. The zero-order valence-corrected chi connectivity index (χ0v) is 9.00. The summed E-state index contributed by atoms with van der Waals surface area (Å²) >= 11 is 0. The van der Waals surface area contributed by atoms with Gasteiger partial charge in [0.05, 0.1) is 11.7 Å². The summed E-state index contributed by atoms with van der Waals surface area (Å²) < 4.78 is 2.27. The van der Waals surface area contributed by atoms with Crippen molar-refractivity contribution in [2.24, 2.45) is 5.73 Å². The maximum atomic E-state index is 5.74. The minimum absolute atomic E-state index is 0.573. The summed E-state index contributed by atoms with van der Waals surface area (Å²) in [5.74, 6) is 0. The van der Waals surface area contributed by atoms with Gasteiger partial charge in [0, 0.05) is 37.3 Å². The van der Waals surface area contributed by atoms with Gasteiger partial charge < -0.3 is 11.1 Å². The molecule has 0 radical (unpaired) electrons. The molecular weight excluding hydrogens is 188 g/mol. The van der Waals surface area contributed by atoms with E-state index in [4.69, 9.17) is 5.73 Å². The highest BCUT2D eigenvalue weighted by Gasteiger charge is 2.27. The van der Waals surface area contributed by atoms with E-state index in [0.717, 1.165) is 25.2 Å². The van der Waals surface area contributed by atoms with E-state index in [1.807, 2.05) is 0 Å². The lowest BCUT2D eigenvalue weighted by atomic mass is 9.92. The summed E-state index contributed by atoms with van der Waals surface area (Å²) in [5, 5.41) is 8.08. The molecule has 1 aromatic rings. The normalized spacial score (nSPS) is 21.1. The number of aromatic nitrogens is 2. The standard InChI is InChI=1S/C11H18N4/c12-6-10-9-7-13-5-4-11(9)15(14-10)8-2-1-3-8/h8,13H,1-7,12H2. The van der Waals surface area contributed by atoms with Crippen LogP contribution in [0, 0.1) is 0 Å². The summed E-state index contributed by atoms with van der Waals surface area (Å²) in [7, 11) is 0. The van der Waals surface area contributed by atoms with Crippen molar-refractivity contribution in [3.05, 3.63) is 17.0 Å². The SMILES string of the molecule is NCc1nn(C2CCC2)c2c1CNCC2. The molecule has 4 nitrogen and oxygen atoms in total. The average Bonchev–Trinajstić information content (AvgIpc) is 2.55. The van der Waals surface area contributed by atoms with Crippen LogP contribution >= 0.6 is 0 Å². The van der Waals surface area contributed by atoms with Gasteiger partial charge in [-0.15, -0.1) is 0 Å². The van der Waals surface area contributed by atoms with Crippen molar-refractivity contribution in [2.75, 3.05) is 6.54 Å². The van der Waals surface area contributed by atoms with Gasteiger partial charge in [0.15, 0.2) is 0 Å². The van der Waals surface area contributed by atoms with Crippen LogP contribution in [-0.4, -0.2) is 16.3 Å². The van der Waals surface area contributed by atoms with Gasteiger partial charge in [0.2, 0.25) is 0 Å². The lowest BCUT2D eigenvalue weighted by Gasteiger charge is -2.28. The topological polar surface area (TPSA) is 55.9 Å². The first-order valence-corrected chi connectivity index (χ1v) is 5.90. The molecule has 0 unspecified atom stereocenters. The molecule has 0 amide bonds. The van der Waals surface area contributed by atoms with E-state index in [0.29, 0.717) is 12.6 Å². The van der Waals surface area contributed by atoms with Gasteiger partial charge in [0.25, 0.3) is 0 Å². The molecule has 0 spiro atoms. The predicted octanol–water partition coefficient (Wildman–Crippen LogP) is 0.712. The Morgan fingerprint density at radius 3 is 3.00 bits per heavy atom. The highest BCUT2D eigenvalue weighted by molar-refractivity contribution is 5.29. The van der Waals surface area contributed by atoms with Crippen molar-refractivity contribution < 1.29 is 0 Å². The van der Waals surface area contributed by atoms with Gasteiger partial charge in [-0.3, -0.25) is 4.68 Å². The van der Waals surface area contributed by atoms with E-state index in [1.54, 1.807) is 0 Å². The molecule has 0 aromatic carbocycles. The smallest absolute Gasteiger partial charge is 0.0808 e. The van der Waals surface area contributed by atoms with Crippen LogP contribution in [0.3, 0.4) is 0 Å². The number of nitrogens with one attached hydrogen (secondary N) is 1. The quantitative estimate of drug-likeness (QED) is 0.749. The third kappa shape index (κ3) is 1.40. The molecule has 0 bridgehead atoms. The molecule has 15 heavy (non-hydrogen) atoms. The minimum Gasteiger partial charge on any atom is -0.325 e. The van der Waals surface area contributed by atoms with Crippen molar-refractivity contribution in [1.82, 2.24) is 15.1 Å². The zero-order valence-electron chi connectivity index (χ0n) is 9.00. The number of hydrogen-bond donors (Lipinski definition) is 2. The molecule has 1 aromatic heterocycles. The lowest BCUT2D eigenvalue weighted by molar-refractivity contribution is 0.279. The summed E-state index contributed by atoms with van der Waals surface area (Å²) in [6.45, 7) is 2.60. The summed E-state index contributed by atoms with van der Waals surface area (Å²) in [6, 6.07) is 0.664. The molecule has 1 aliphatic carbocycles. The first-order chi connectivity index (χ1) is 7.40. The van der Waals surface area contributed by atoms with Crippen LogP contribution in [0.25, 0.3) is 0 Å². The molecule has 4 heteroatoms. The van der Waals surface area contributed by atoms with Crippen LogP contribution in [0.2, 0.25) is 0 Å². The third-order valence-corrected chi connectivity index (χ3v) is 3.66. The van der Waals surface area contributed by atoms with Crippen LogP contribution in [0.5, 0.6) is 0 Å². The Labute approximate surface area is 89.8 Å². The second-order valence-electron chi connectivity index (χ2n) is 4.53. The Kier molecular flexibility index (Phi) is 2.25. The van der Waals surface area contributed by atoms with Crippen molar-refractivity contribution in [3.8, 4) is 0 Å². The van der Waals surface area contributed by atoms with Crippen molar-refractivity contribution >= 4 is 0 Å². The summed E-state index contributed by atoms with van der Waals surface area (Å²) in [6.07, 6.45) is 5.06. The van der Waals surface area contributed by atoms with E-state index >= 15 is 0 Å². The number of nitrogens with zero attached hydrogens (tertiary/aromatic N) is 2. The van der Waals surface area contributed by atoms with Gasteiger partial charge in [-0.1, -0.05) is 0 Å². The Bertz CT molecular complexity index is 365. The van der Waals surface area contributed by atoms with Gasteiger partial charge in [0.1, 0.15) is 0 Å². The van der Waals surface area contributed by atoms with Crippen LogP contribution < -0.4 is 11.1 Å². The fourth-order valence-corrected chi connectivity index (χ4v) is 2.54. The summed E-state index contributed by atoms with van der Waals surface area (Å²) in [4.78, 5) is 0. The number of nitrogens with two attached hydrogens (primary N) is 1. The molecule has 1 fully saturated rings. The van der Waals surface area contributed by atoms with E-state index in [9.17, 15) is 0 Å². The molecule has 1 saturated carbocycles. The Morgan fingerprint density at radius 1 is 1.47 bits per heavy atom. The fourth-order valence-electron chi connectivity index (χ4n) is 2.54. The van der Waals surface area contributed by atoms with Crippen molar-refractivity contribution in [1.29, 1.82) is 0 Å². The average molecular weight is 206 g/mol. The third-order valence-electron chi connectivity index (χ3n) is 3.66. The lowest BCUT2D eigenvalue weighted by Crippen LogP contribution is -2.27.